The van der Waals surface area contributed by atoms with Gasteiger partial charge in [-0.2, -0.15) is 0 Å². The lowest BCUT2D eigenvalue weighted by Crippen LogP contribution is -2.17. The molecular weight excluding hydrogens is 424 g/mol. The molecule has 5 nitrogen and oxygen atoms in total. The summed E-state index contributed by atoms with van der Waals surface area (Å²) in [6.45, 7) is 1.06. The average molecular weight is 437 g/mol. The molecule has 3 heterocycles. The fraction of sp³-hybridized carbons (Fsp3) is 0.176. The second-order valence-corrected chi connectivity index (χ2v) is 7.99. The first-order valence-corrected chi connectivity index (χ1v) is 10.1. The van der Waals surface area contributed by atoms with Gasteiger partial charge in [0, 0.05) is 9.85 Å². The quantitative estimate of drug-likeness (QED) is 0.649. The predicted octanol–water partition coefficient (Wildman–Crippen LogP) is 4.59. The maximum Gasteiger partial charge on any atom is 0.230 e. The number of ether oxygens (including phenoxy) is 2. The molecule has 0 bridgehead atoms. The lowest BCUT2D eigenvalue weighted by molar-refractivity contribution is -0.115. The SMILES string of the molecule is O=C(Cc1cc2c(cc1Br)OCCO2)Nc1nc(-c2cccs2)cs1. The Morgan fingerprint density at radius 3 is 2.80 bits per heavy atom. The van der Waals surface area contributed by atoms with Crippen LogP contribution in [0, 0.1) is 0 Å². The summed E-state index contributed by atoms with van der Waals surface area (Å²) >= 11 is 6.54. The molecule has 1 aromatic carbocycles. The molecule has 1 aliphatic rings. The van der Waals surface area contributed by atoms with E-state index < -0.39 is 0 Å². The van der Waals surface area contributed by atoms with Crippen molar-refractivity contribution in [3.8, 4) is 22.1 Å². The normalized spacial score (nSPS) is 12.8. The van der Waals surface area contributed by atoms with Gasteiger partial charge in [0.2, 0.25) is 5.91 Å². The highest BCUT2D eigenvalue weighted by atomic mass is 79.9. The van der Waals surface area contributed by atoms with E-state index in [1.54, 1.807) is 11.3 Å². The number of rotatable bonds is 4. The lowest BCUT2D eigenvalue weighted by atomic mass is 10.1. The van der Waals surface area contributed by atoms with Crippen LogP contribution in [-0.4, -0.2) is 24.1 Å². The molecule has 4 rings (SSSR count). The van der Waals surface area contributed by atoms with Gasteiger partial charge in [0.1, 0.15) is 13.2 Å². The number of thiophene rings is 1. The van der Waals surface area contributed by atoms with Gasteiger partial charge in [-0.05, 0) is 29.1 Å². The van der Waals surface area contributed by atoms with Gasteiger partial charge in [-0.3, -0.25) is 4.79 Å². The number of benzene rings is 1. The Bertz CT molecular complexity index is 909. The lowest BCUT2D eigenvalue weighted by Gasteiger charge is -2.19. The highest BCUT2D eigenvalue weighted by molar-refractivity contribution is 9.10. The fourth-order valence-electron chi connectivity index (χ4n) is 2.45. The molecule has 2 aromatic heterocycles. The van der Waals surface area contributed by atoms with Crippen LogP contribution in [0.4, 0.5) is 5.13 Å². The molecule has 0 fully saturated rings. The van der Waals surface area contributed by atoms with E-state index in [4.69, 9.17) is 9.47 Å². The molecule has 0 aliphatic carbocycles. The smallest absolute Gasteiger partial charge is 0.230 e. The fourth-order valence-corrected chi connectivity index (χ4v) is 4.40. The minimum absolute atomic E-state index is 0.121. The van der Waals surface area contributed by atoms with Gasteiger partial charge in [0.25, 0.3) is 0 Å². The van der Waals surface area contributed by atoms with Crippen LogP contribution in [0.3, 0.4) is 0 Å². The molecule has 0 radical (unpaired) electrons. The number of hydrogen-bond donors (Lipinski definition) is 1. The van der Waals surface area contributed by atoms with E-state index >= 15 is 0 Å². The third-order valence-electron chi connectivity index (χ3n) is 3.59. The van der Waals surface area contributed by atoms with E-state index in [0.717, 1.165) is 20.6 Å². The number of carbonyl (C=O) groups excluding carboxylic acids is 1. The molecule has 1 aliphatic heterocycles. The Hall–Kier alpha value is -1.90. The van der Waals surface area contributed by atoms with E-state index in [9.17, 15) is 4.79 Å². The largest absolute Gasteiger partial charge is 0.486 e. The number of nitrogens with zero attached hydrogens (tertiary/aromatic N) is 1. The van der Waals surface area contributed by atoms with Crippen molar-refractivity contribution in [3.05, 3.63) is 45.1 Å². The number of aromatic nitrogens is 1. The second kappa shape index (κ2) is 7.15. The van der Waals surface area contributed by atoms with Gasteiger partial charge in [0.15, 0.2) is 16.6 Å². The van der Waals surface area contributed by atoms with Crippen molar-refractivity contribution in [3.63, 3.8) is 0 Å². The molecule has 3 aromatic rings. The molecule has 0 saturated heterocycles. The summed E-state index contributed by atoms with van der Waals surface area (Å²) in [5.41, 5.74) is 1.73. The molecule has 0 saturated carbocycles. The first-order chi connectivity index (χ1) is 12.2. The monoisotopic (exact) mass is 436 g/mol. The Labute approximate surface area is 160 Å². The number of fused-ring (bicyclic) bond motifs is 1. The number of carbonyl (C=O) groups is 1. The number of hydrogen-bond acceptors (Lipinski definition) is 6. The van der Waals surface area contributed by atoms with Crippen molar-refractivity contribution in [2.45, 2.75) is 6.42 Å². The Kier molecular flexibility index (Phi) is 4.74. The van der Waals surface area contributed by atoms with E-state index in [1.165, 1.54) is 11.3 Å². The van der Waals surface area contributed by atoms with E-state index in [1.807, 2.05) is 35.0 Å². The maximum atomic E-state index is 12.4. The van der Waals surface area contributed by atoms with Crippen molar-refractivity contribution >= 4 is 49.6 Å². The Balaban J connectivity index is 1.46. The Morgan fingerprint density at radius 2 is 2.04 bits per heavy atom. The van der Waals surface area contributed by atoms with Crippen LogP contribution in [0.1, 0.15) is 5.56 Å². The van der Waals surface area contributed by atoms with Crippen molar-refractivity contribution in [2.75, 3.05) is 18.5 Å². The highest BCUT2D eigenvalue weighted by Gasteiger charge is 2.17. The standard InChI is InChI=1S/C17H13BrN2O3S2/c18-11-8-14-13(22-3-4-23-14)6-10(11)7-16(21)20-17-19-12(9-25-17)15-2-1-5-24-15/h1-2,5-6,8-9H,3-4,7H2,(H,19,20,21). The maximum absolute atomic E-state index is 12.4. The van der Waals surface area contributed by atoms with Crippen LogP contribution in [0.25, 0.3) is 10.6 Å². The third-order valence-corrected chi connectivity index (χ3v) is 5.97. The highest BCUT2D eigenvalue weighted by Crippen LogP contribution is 2.36. The number of thiazole rings is 1. The van der Waals surface area contributed by atoms with Crippen LogP contribution in [0.15, 0.2) is 39.5 Å². The van der Waals surface area contributed by atoms with Crippen LogP contribution >= 0.6 is 38.6 Å². The van der Waals surface area contributed by atoms with Gasteiger partial charge in [0.05, 0.1) is 17.0 Å². The van der Waals surface area contributed by atoms with Crippen LogP contribution in [0.5, 0.6) is 11.5 Å². The number of anilines is 1. The predicted molar refractivity (Wildman–Crippen MR) is 103 cm³/mol. The molecule has 25 heavy (non-hydrogen) atoms. The Morgan fingerprint density at radius 1 is 1.24 bits per heavy atom. The summed E-state index contributed by atoms with van der Waals surface area (Å²) in [6, 6.07) is 7.68. The first-order valence-electron chi connectivity index (χ1n) is 7.56. The van der Waals surface area contributed by atoms with Gasteiger partial charge in [-0.15, -0.1) is 22.7 Å². The van der Waals surface area contributed by atoms with Crippen LogP contribution in [-0.2, 0) is 11.2 Å². The van der Waals surface area contributed by atoms with Gasteiger partial charge in [-0.25, -0.2) is 4.98 Å². The molecule has 8 heteroatoms. The van der Waals surface area contributed by atoms with E-state index in [-0.39, 0.29) is 12.3 Å². The topological polar surface area (TPSA) is 60.5 Å². The molecule has 0 atom stereocenters. The zero-order chi connectivity index (χ0) is 17.2. The summed E-state index contributed by atoms with van der Waals surface area (Å²) in [5.74, 6) is 1.25. The summed E-state index contributed by atoms with van der Waals surface area (Å²) < 4.78 is 11.9. The van der Waals surface area contributed by atoms with Crippen molar-refractivity contribution in [2.24, 2.45) is 0 Å². The molecule has 128 valence electrons. The summed E-state index contributed by atoms with van der Waals surface area (Å²) in [5, 5.41) is 7.41. The zero-order valence-electron chi connectivity index (χ0n) is 13.0. The second-order valence-electron chi connectivity index (χ2n) is 5.33. The van der Waals surface area contributed by atoms with Crippen molar-refractivity contribution in [1.82, 2.24) is 4.98 Å². The molecule has 0 spiro atoms. The molecule has 1 N–H and O–H groups in total. The summed E-state index contributed by atoms with van der Waals surface area (Å²) in [4.78, 5) is 17.9. The molecular formula is C17H13BrN2O3S2. The minimum atomic E-state index is -0.121. The van der Waals surface area contributed by atoms with Crippen molar-refractivity contribution < 1.29 is 14.3 Å². The average Bonchev–Trinajstić information content (AvgIpc) is 3.26. The zero-order valence-corrected chi connectivity index (χ0v) is 16.2. The molecule has 1 amide bonds. The van der Waals surface area contributed by atoms with Crippen LogP contribution < -0.4 is 14.8 Å². The number of nitrogens with one attached hydrogen (secondary N) is 1. The van der Waals surface area contributed by atoms with E-state index in [2.05, 4.69) is 26.2 Å². The number of amides is 1. The van der Waals surface area contributed by atoms with Gasteiger partial charge >= 0.3 is 0 Å². The van der Waals surface area contributed by atoms with E-state index in [0.29, 0.717) is 29.8 Å². The summed E-state index contributed by atoms with van der Waals surface area (Å²) in [7, 11) is 0. The molecule has 0 unspecified atom stereocenters. The van der Waals surface area contributed by atoms with Gasteiger partial charge < -0.3 is 14.8 Å². The number of halogens is 1. The first kappa shape index (κ1) is 16.6. The third kappa shape index (κ3) is 3.70. The van der Waals surface area contributed by atoms with Gasteiger partial charge in [-0.1, -0.05) is 22.0 Å². The summed E-state index contributed by atoms with van der Waals surface area (Å²) in [6.07, 6.45) is 0.227. The van der Waals surface area contributed by atoms with Crippen LogP contribution in [0.2, 0.25) is 0 Å². The van der Waals surface area contributed by atoms with Crippen molar-refractivity contribution in [1.29, 1.82) is 0 Å². The minimum Gasteiger partial charge on any atom is -0.486 e.